The van der Waals surface area contributed by atoms with Crippen LogP contribution in [0.2, 0.25) is 0 Å². The van der Waals surface area contributed by atoms with Crippen LogP contribution in [0.5, 0.6) is 0 Å². The van der Waals surface area contributed by atoms with Gasteiger partial charge in [-0.2, -0.15) is 0 Å². The van der Waals surface area contributed by atoms with Gasteiger partial charge in [-0.25, -0.2) is 4.79 Å². The molecule has 0 aromatic heterocycles. The summed E-state index contributed by atoms with van der Waals surface area (Å²) >= 11 is 0. The van der Waals surface area contributed by atoms with E-state index in [1.165, 1.54) is 0 Å². The monoisotopic (exact) mass is 180 g/mol. The van der Waals surface area contributed by atoms with Gasteiger partial charge in [0.05, 0.1) is 6.10 Å². The number of aliphatic hydroxyl groups excluding tert-OH is 1. The van der Waals surface area contributed by atoms with Crippen molar-refractivity contribution in [3.63, 3.8) is 0 Å². The summed E-state index contributed by atoms with van der Waals surface area (Å²) < 4.78 is 0. The zero-order valence-corrected chi connectivity index (χ0v) is 7.32. The Hall–Kier alpha value is -1.55. The fourth-order valence-electron chi connectivity index (χ4n) is 1.11. The van der Waals surface area contributed by atoms with Crippen molar-refractivity contribution in [2.24, 2.45) is 5.73 Å². The largest absolute Gasteiger partial charge is 0.389 e. The van der Waals surface area contributed by atoms with Crippen molar-refractivity contribution in [2.75, 3.05) is 5.32 Å². The molecule has 0 bridgehead atoms. The third kappa shape index (κ3) is 2.45. The average Bonchev–Trinajstić information content (AvgIpc) is 2.03. The lowest BCUT2D eigenvalue weighted by molar-refractivity contribution is 0.200. The number of benzene rings is 1. The molecule has 1 unspecified atom stereocenters. The summed E-state index contributed by atoms with van der Waals surface area (Å²) in [5.74, 6) is 0. The smallest absolute Gasteiger partial charge is 0.316 e. The molecular weight excluding hydrogens is 168 g/mol. The minimum atomic E-state index is -0.631. The van der Waals surface area contributed by atoms with Gasteiger partial charge < -0.3 is 16.2 Å². The lowest BCUT2D eigenvalue weighted by Crippen LogP contribution is -2.20. The normalized spacial score (nSPS) is 12.2. The maximum absolute atomic E-state index is 10.6. The molecule has 70 valence electrons. The van der Waals surface area contributed by atoms with Crippen molar-refractivity contribution in [3.05, 3.63) is 29.8 Å². The van der Waals surface area contributed by atoms with Gasteiger partial charge in [0.1, 0.15) is 0 Å². The van der Waals surface area contributed by atoms with Gasteiger partial charge in [0.25, 0.3) is 0 Å². The second-order valence-electron chi connectivity index (χ2n) is 2.75. The number of carbonyl (C=O) groups excluding carboxylic acids is 1. The molecule has 1 aromatic rings. The number of rotatable bonds is 2. The van der Waals surface area contributed by atoms with Gasteiger partial charge in [0.15, 0.2) is 0 Å². The van der Waals surface area contributed by atoms with Crippen LogP contribution in [0.4, 0.5) is 10.5 Å². The molecule has 0 radical (unpaired) electrons. The molecular formula is C9H12N2O2. The molecule has 0 spiro atoms. The van der Waals surface area contributed by atoms with Crippen LogP contribution in [0.15, 0.2) is 24.3 Å². The molecule has 0 aliphatic rings. The number of aliphatic hydroxyl groups is 1. The predicted octanol–water partition coefficient (Wildman–Crippen LogP) is 1.23. The summed E-state index contributed by atoms with van der Waals surface area (Å²) in [6.07, 6.45) is -0.622. The van der Waals surface area contributed by atoms with Crippen LogP contribution in [-0.2, 0) is 0 Å². The number of nitrogens with two attached hydrogens (primary N) is 1. The van der Waals surface area contributed by atoms with E-state index >= 15 is 0 Å². The Bertz CT molecular complexity index is 310. The van der Waals surface area contributed by atoms with E-state index in [0.717, 1.165) is 0 Å². The van der Waals surface area contributed by atoms with Gasteiger partial charge in [0, 0.05) is 11.3 Å². The molecule has 13 heavy (non-hydrogen) atoms. The van der Waals surface area contributed by atoms with Crippen molar-refractivity contribution in [3.8, 4) is 0 Å². The first-order valence-electron chi connectivity index (χ1n) is 3.94. The molecule has 1 atom stereocenters. The second-order valence-corrected chi connectivity index (χ2v) is 2.75. The van der Waals surface area contributed by atoms with Gasteiger partial charge in [-0.3, -0.25) is 0 Å². The maximum atomic E-state index is 10.6. The van der Waals surface area contributed by atoms with E-state index in [9.17, 15) is 9.90 Å². The van der Waals surface area contributed by atoms with Crippen molar-refractivity contribution in [1.29, 1.82) is 0 Å². The van der Waals surface area contributed by atoms with Gasteiger partial charge in [0.2, 0.25) is 0 Å². The Labute approximate surface area is 76.4 Å². The van der Waals surface area contributed by atoms with Crippen molar-refractivity contribution < 1.29 is 9.90 Å². The van der Waals surface area contributed by atoms with Crippen LogP contribution < -0.4 is 11.1 Å². The minimum absolute atomic E-state index is 0.546. The Morgan fingerprint density at radius 1 is 1.54 bits per heavy atom. The van der Waals surface area contributed by atoms with Gasteiger partial charge in [-0.1, -0.05) is 18.2 Å². The first-order chi connectivity index (χ1) is 6.11. The number of para-hydroxylation sites is 1. The van der Waals surface area contributed by atoms with Gasteiger partial charge in [-0.15, -0.1) is 0 Å². The highest BCUT2D eigenvalue weighted by molar-refractivity contribution is 5.88. The first-order valence-corrected chi connectivity index (χ1v) is 3.94. The molecule has 4 heteroatoms. The van der Waals surface area contributed by atoms with Crippen LogP contribution in [0.3, 0.4) is 0 Å². The molecule has 0 aliphatic carbocycles. The van der Waals surface area contributed by atoms with E-state index in [0.29, 0.717) is 11.3 Å². The summed E-state index contributed by atoms with van der Waals surface area (Å²) in [5, 5.41) is 11.8. The van der Waals surface area contributed by atoms with Crippen molar-refractivity contribution in [1.82, 2.24) is 0 Å². The molecule has 4 nitrogen and oxygen atoms in total. The van der Waals surface area contributed by atoms with E-state index in [-0.39, 0.29) is 0 Å². The molecule has 1 rings (SSSR count). The number of primary amides is 1. The van der Waals surface area contributed by atoms with Gasteiger partial charge >= 0.3 is 6.03 Å². The van der Waals surface area contributed by atoms with Crippen LogP contribution in [0, 0.1) is 0 Å². The Kier molecular flexibility index (Phi) is 2.87. The Morgan fingerprint density at radius 2 is 2.15 bits per heavy atom. The first kappa shape index (κ1) is 9.54. The zero-order chi connectivity index (χ0) is 9.84. The third-order valence-corrected chi connectivity index (χ3v) is 1.67. The fourth-order valence-corrected chi connectivity index (χ4v) is 1.11. The van der Waals surface area contributed by atoms with E-state index < -0.39 is 12.1 Å². The van der Waals surface area contributed by atoms with Crippen LogP contribution in [0.1, 0.15) is 18.6 Å². The second kappa shape index (κ2) is 3.91. The lowest BCUT2D eigenvalue weighted by Gasteiger charge is -2.10. The standard InChI is InChI=1S/C9H12N2O2/c1-6(12)7-4-2-3-5-8(7)11-9(10)13/h2-6,12H,1H3,(H3,10,11,13). The highest BCUT2D eigenvalue weighted by Gasteiger charge is 2.07. The molecule has 4 N–H and O–H groups in total. The highest BCUT2D eigenvalue weighted by Crippen LogP contribution is 2.21. The Balaban J connectivity index is 2.97. The van der Waals surface area contributed by atoms with E-state index in [1.54, 1.807) is 31.2 Å². The molecule has 0 fully saturated rings. The van der Waals surface area contributed by atoms with E-state index in [1.807, 2.05) is 0 Å². The van der Waals surface area contributed by atoms with E-state index in [2.05, 4.69) is 5.32 Å². The summed E-state index contributed by atoms with van der Waals surface area (Å²) in [7, 11) is 0. The number of amides is 2. The van der Waals surface area contributed by atoms with Crippen molar-refractivity contribution >= 4 is 11.7 Å². The number of anilines is 1. The average molecular weight is 180 g/mol. The van der Waals surface area contributed by atoms with Crippen LogP contribution in [0.25, 0.3) is 0 Å². The quantitative estimate of drug-likeness (QED) is 0.640. The fraction of sp³-hybridized carbons (Fsp3) is 0.222. The number of hydrogen-bond donors (Lipinski definition) is 3. The maximum Gasteiger partial charge on any atom is 0.316 e. The highest BCUT2D eigenvalue weighted by atomic mass is 16.3. The summed E-state index contributed by atoms with van der Waals surface area (Å²) in [4.78, 5) is 10.6. The topological polar surface area (TPSA) is 75.3 Å². The molecule has 1 aromatic carbocycles. The van der Waals surface area contributed by atoms with Gasteiger partial charge in [-0.05, 0) is 13.0 Å². The minimum Gasteiger partial charge on any atom is -0.389 e. The Morgan fingerprint density at radius 3 is 2.69 bits per heavy atom. The molecule has 0 saturated heterocycles. The van der Waals surface area contributed by atoms with Crippen molar-refractivity contribution in [2.45, 2.75) is 13.0 Å². The summed E-state index contributed by atoms with van der Waals surface area (Å²) in [5.41, 5.74) is 6.16. The SMILES string of the molecule is CC(O)c1ccccc1NC(N)=O. The number of nitrogens with one attached hydrogen (secondary N) is 1. The summed E-state index contributed by atoms with van der Waals surface area (Å²) in [6, 6.07) is 6.34. The number of urea groups is 1. The van der Waals surface area contributed by atoms with Crippen LogP contribution >= 0.6 is 0 Å². The molecule has 0 heterocycles. The molecule has 2 amide bonds. The molecule has 0 aliphatic heterocycles. The predicted molar refractivity (Wildman–Crippen MR) is 50.3 cm³/mol. The third-order valence-electron chi connectivity index (χ3n) is 1.67. The van der Waals surface area contributed by atoms with E-state index in [4.69, 9.17) is 5.73 Å². The lowest BCUT2D eigenvalue weighted by atomic mass is 10.1. The number of carbonyl (C=O) groups is 1. The zero-order valence-electron chi connectivity index (χ0n) is 7.32. The number of hydrogen-bond acceptors (Lipinski definition) is 2. The van der Waals surface area contributed by atoms with Crippen LogP contribution in [-0.4, -0.2) is 11.1 Å². The molecule has 0 saturated carbocycles. The summed E-state index contributed by atoms with van der Waals surface area (Å²) in [6.45, 7) is 1.63.